The summed E-state index contributed by atoms with van der Waals surface area (Å²) in [4.78, 5) is -0.211. The number of halogens is 3. The summed E-state index contributed by atoms with van der Waals surface area (Å²) >= 11 is 0. The van der Waals surface area contributed by atoms with E-state index in [-0.39, 0.29) is 24.3 Å². The normalized spacial score (nSPS) is 24.2. The van der Waals surface area contributed by atoms with Gasteiger partial charge in [0.05, 0.1) is 12.0 Å². The van der Waals surface area contributed by atoms with Crippen molar-refractivity contribution in [1.82, 2.24) is 4.31 Å². The fourth-order valence-electron chi connectivity index (χ4n) is 2.44. The van der Waals surface area contributed by atoms with E-state index in [1.54, 1.807) is 0 Å². The van der Waals surface area contributed by atoms with Gasteiger partial charge in [-0.3, -0.25) is 0 Å². The third-order valence-corrected chi connectivity index (χ3v) is 5.51. The minimum Gasteiger partial charge on any atom is -0.497 e. The zero-order valence-corrected chi connectivity index (χ0v) is 12.7. The summed E-state index contributed by atoms with van der Waals surface area (Å²) in [5, 5.41) is 0. The average molecular weight is 338 g/mol. The van der Waals surface area contributed by atoms with Gasteiger partial charge in [-0.2, -0.15) is 17.5 Å². The Bertz CT molecular complexity index is 616. The lowest BCUT2D eigenvalue weighted by Gasteiger charge is -2.38. The van der Waals surface area contributed by atoms with E-state index < -0.39 is 28.3 Å². The van der Waals surface area contributed by atoms with Crippen molar-refractivity contribution in [1.29, 1.82) is 0 Å². The molecule has 0 bridgehead atoms. The second-order valence-electron chi connectivity index (χ2n) is 5.15. The van der Waals surface area contributed by atoms with Crippen molar-refractivity contribution in [3.63, 3.8) is 0 Å². The Morgan fingerprint density at radius 2 is 1.82 bits per heavy atom. The van der Waals surface area contributed by atoms with E-state index in [1.165, 1.54) is 31.4 Å². The van der Waals surface area contributed by atoms with Gasteiger partial charge in [0.2, 0.25) is 10.0 Å². The summed E-state index contributed by atoms with van der Waals surface area (Å²) in [6.45, 7) is -0.349. The van der Waals surface area contributed by atoms with Gasteiger partial charge in [-0.25, -0.2) is 8.42 Å². The molecule has 0 saturated carbocycles. The maximum atomic E-state index is 13.1. The van der Waals surface area contributed by atoms with Crippen molar-refractivity contribution in [2.75, 3.05) is 13.7 Å². The fourth-order valence-corrected chi connectivity index (χ4v) is 4.14. The third-order valence-electron chi connectivity index (χ3n) is 3.62. The molecule has 5 nitrogen and oxygen atoms in total. The van der Waals surface area contributed by atoms with Crippen LogP contribution in [0, 0.1) is 0 Å². The number of nitrogens with two attached hydrogens (primary N) is 1. The number of nitrogens with zero attached hydrogens (tertiary/aromatic N) is 1. The SMILES string of the molecule is COc1ccc(S(=O)(=O)N2CC(N)CCC2C(F)(F)F)cc1. The Labute approximate surface area is 126 Å². The number of benzene rings is 1. The molecular weight excluding hydrogens is 321 g/mol. The second kappa shape index (κ2) is 6.05. The third kappa shape index (κ3) is 3.36. The summed E-state index contributed by atoms with van der Waals surface area (Å²) in [5.41, 5.74) is 5.66. The van der Waals surface area contributed by atoms with Crippen LogP contribution >= 0.6 is 0 Å². The van der Waals surface area contributed by atoms with Crippen LogP contribution in [0.2, 0.25) is 0 Å². The summed E-state index contributed by atoms with van der Waals surface area (Å²) in [5.74, 6) is 0.418. The topological polar surface area (TPSA) is 72.6 Å². The molecule has 1 aromatic carbocycles. The smallest absolute Gasteiger partial charge is 0.405 e. The van der Waals surface area contributed by atoms with Crippen LogP contribution in [0.1, 0.15) is 12.8 Å². The van der Waals surface area contributed by atoms with Crippen LogP contribution < -0.4 is 10.5 Å². The first-order valence-corrected chi connectivity index (χ1v) is 8.08. The molecule has 124 valence electrons. The van der Waals surface area contributed by atoms with Crippen molar-refractivity contribution in [2.45, 2.75) is 36.0 Å². The van der Waals surface area contributed by atoms with Gasteiger partial charge in [0.25, 0.3) is 0 Å². The highest BCUT2D eigenvalue weighted by atomic mass is 32.2. The van der Waals surface area contributed by atoms with Crippen molar-refractivity contribution in [3.05, 3.63) is 24.3 Å². The van der Waals surface area contributed by atoms with Crippen molar-refractivity contribution >= 4 is 10.0 Å². The van der Waals surface area contributed by atoms with E-state index in [4.69, 9.17) is 10.5 Å². The Hall–Kier alpha value is -1.32. The Morgan fingerprint density at radius 1 is 1.23 bits per heavy atom. The first kappa shape index (κ1) is 17.0. The number of hydrogen-bond acceptors (Lipinski definition) is 4. The lowest BCUT2D eigenvalue weighted by atomic mass is 10.0. The average Bonchev–Trinajstić information content (AvgIpc) is 2.46. The molecule has 2 unspecified atom stereocenters. The molecule has 1 saturated heterocycles. The molecule has 1 fully saturated rings. The van der Waals surface area contributed by atoms with E-state index in [0.717, 1.165) is 0 Å². The Balaban J connectivity index is 2.39. The van der Waals surface area contributed by atoms with E-state index in [0.29, 0.717) is 10.1 Å². The van der Waals surface area contributed by atoms with Crippen LogP contribution in [0.5, 0.6) is 5.75 Å². The second-order valence-corrected chi connectivity index (χ2v) is 7.04. The van der Waals surface area contributed by atoms with Gasteiger partial charge in [-0.15, -0.1) is 0 Å². The molecule has 0 radical (unpaired) electrons. The molecule has 2 rings (SSSR count). The number of piperidine rings is 1. The number of rotatable bonds is 3. The lowest BCUT2D eigenvalue weighted by Crippen LogP contribution is -2.56. The van der Waals surface area contributed by atoms with E-state index in [2.05, 4.69) is 0 Å². The first-order chi connectivity index (χ1) is 10.2. The number of hydrogen-bond donors (Lipinski definition) is 1. The zero-order valence-electron chi connectivity index (χ0n) is 11.9. The van der Waals surface area contributed by atoms with Gasteiger partial charge in [0.1, 0.15) is 11.8 Å². The van der Waals surface area contributed by atoms with Crippen LogP contribution in [0.25, 0.3) is 0 Å². The largest absolute Gasteiger partial charge is 0.497 e. The predicted molar refractivity (Wildman–Crippen MR) is 73.9 cm³/mol. The Kier molecular flexibility index (Phi) is 4.69. The maximum Gasteiger partial charge on any atom is 0.405 e. The first-order valence-electron chi connectivity index (χ1n) is 6.64. The van der Waals surface area contributed by atoms with Gasteiger partial charge < -0.3 is 10.5 Å². The molecule has 9 heteroatoms. The Morgan fingerprint density at radius 3 is 2.32 bits per heavy atom. The number of sulfonamides is 1. The molecule has 1 aliphatic heterocycles. The summed E-state index contributed by atoms with van der Waals surface area (Å²) in [6.07, 6.45) is -4.82. The molecule has 2 N–H and O–H groups in total. The van der Waals surface area contributed by atoms with Crippen LogP contribution in [0.3, 0.4) is 0 Å². The highest BCUT2D eigenvalue weighted by Gasteiger charge is 2.50. The molecule has 2 atom stereocenters. The molecule has 1 heterocycles. The molecule has 1 aromatic rings. The van der Waals surface area contributed by atoms with E-state index >= 15 is 0 Å². The minimum atomic E-state index is -4.63. The monoisotopic (exact) mass is 338 g/mol. The van der Waals surface area contributed by atoms with E-state index in [1.807, 2.05) is 0 Å². The van der Waals surface area contributed by atoms with Gasteiger partial charge in [-0.05, 0) is 37.1 Å². The fraction of sp³-hybridized carbons (Fsp3) is 0.538. The molecule has 22 heavy (non-hydrogen) atoms. The van der Waals surface area contributed by atoms with Crippen molar-refractivity contribution in [2.24, 2.45) is 5.73 Å². The minimum absolute atomic E-state index is 0.138. The highest BCUT2D eigenvalue weighted by molar-refractivity contribution is 7.89. The lowest BCUT2D eigenvalue weighted by molar-refractivity contribution is -0.178. The molecule has 1 aliphatic rings. The summed E-state index contributed by atoms with van der Waals surface area (Å²) < 4.78 is 69.8. The molecular formula is C13H17F3N2O3S. The van der Waals surface area contributed by atoms with Gasteiger partial charge >= 0.3 is 6.18 Å². The van der Waals surface area contributed by atoms with Crippen LogP contribution in [-0.2, 0) is 10.0 Å². The summed E-state index contributed by atoms with van der Waals surface area (Å²) in [6, 6.07) is 2.58. The van der Waals surface area contributed by atoms with Crippen molar-refractivity contribution in [3.8, 4) is 5.75 Å². The summed E-state index contributed by atoms with van der Waals surface area (Å²) in [7, 11) is -2.86. The number of ether oxygens (including phenoxy) is 1. The quantitative estimate of drug-likeness (QED) is 0.911. The van der Waals surface area contributed by atoms with Crippen LogP contribution in [0.15, 0.2) is 29.2 Å². The van der Waals surface area contributed by atoms with Crippen molar-refractivity contribution < 1.29 is 26.3 Å². The molecule has 0 spiro atoms. The predicted octanol–water partition coefficient (Wildman–Crippen LogP) is 1.74. The van der Waals surface area contributed by atoms with Gasteiger partial charge in [0, 0.05) is 12.6 Å². The number of methoxy groups -OCH3 is 1. The standard InChI is InChI=1S/C13H17F3N2O3S/c1-21-10-3-5-11(6-4-10)22(19,20)18-8-9(17)2-7-12(18)13(14,15)16/h3-6,9,12H,2,7-8,17H2,1H3. The van der Waals surface area contributed by atoms with Crippen LogP contribution in [0.4, 0.5) is 13.2 Å². The highest BCUT2D eigenvalue weighted by Crippen LogP contribution is 2.35. The molecule has 0 amide bonds. The van der Waals surface area contributed by atoms with Gasteiger partial charge in [-0.1, -0.05) is 0 Å². The molecule has 0 aliphatic carbocycles. The number of alkyl halides is 3. The zero-order chi connectivity index (χ0) is 16.5. The van der Waals surface area contributed by atoms with E-state index in [9.17, 15) is 21.6 Å². The van der Waals surface area contributed by atoms with Gasteiger partial charge in [0.15, 0.2) is 0 Å². The van der Waals surface area contributed by atoms with Crippen LogP contribution in [-0.4, -0.2) is 44.6 Å². The molecule has 0 aromatic heterocycles. The maximum absolute atomic E-state index is 13.1.